The Balaban J connectivity index is 2.67. The fourth-order valence-corrected chi connectivity index (χ4v) is 2.79. The Morgan fingerprint density at radius 3 is 1.88 bits per heavy atom. The van der Waals surface area contributed by atoms with Crippen LogP contribution >= 0.6 is 31.9 Å². The summed E-state index contributed by atoms with van der Waals surface area (Å²) in [7, 11) is 0. The van der Waals surface area contributed by atoms with Gasteiger partial charge in [-0.15, -0.1) is 0 Å². The molecule has 0 saturated carbocycles. The van der Waals surface area contributed by atoms with Gasteiger partial charge in [0.2, 0.25) is 0 Å². The number of hydrogen-bond acceptors (Lipinski definition) is 3. The molecule has 0 fully saturated rings. The maximum Gasteiger partial charge on any atom is 0.165 e. The molecule has 16 heavy (non-hydrogen) atoms. The summed E-state index contributed by atoms with van der Waals surface area (Å²) in [4.78, 5) is 12.9. The number of rotatable bonds is 1. The van der Waals surface area contributed by atoms with Gasteiger partial charge in [0.1, 0.15) is 11.6 Å². The van der Waals surface area contributed by atoms with Gasteiger partial charge in [-0.25, -0.2) is 15.0 Å². The largest absolute Gasteiger partial charge is 0.219 e. The molecular weight excluding hydrogens is 334 g/mol. The third-order valence-corrected chi connectivity index (χ3v) is 3.37. The summed E-state index contributed by atoms with van der Waals surface area (Å²) in [5.74, 6) is 2.14. The summed E-state index contributed by atoms with van der Waals surface area (Å²) in [5, 5.41) is 0. The van der Waals surface area contributed by atoms with Crippen molar-refractivity contribution in [3.63, 3.8) is 0 Å². The summed E-state index contributed by atoms with van der Waals surface area (Å²) in [6, 6.07) is 5.89. The van der Waals surface area contributed by atoms with E-state index in [4.69, 9.17) is 0 Å². The maximum absolute atomic E-state index is 4.34. The van der Waals surface area contributed by atoms with Gasteiger partial charge in [0.05, 0.1) is 0 Å². The summed E-state index contributed by atoms with van der Waals surface area (Å²) in [6.45, 7) is 3.73. The highest BCUT2D eigenvalue weighted by molar-refractivity contribution is 9.11. The molecule has 0 saturated heterocycles. The molecule has 0 amide bonds. The van der Waals surface area contributed by atoms with Crippen LogP contribution in [-0.2, 0) is 0 Å². The van der Waals surface area contributed by atoms with E-state index in [0.717, 1.165) is 26.2 Å². The smallest absolute Gasteiger partial charge is 0.165 e. The minimum absolute atomic E-state index is 0.685. The first kappa shape index (κ1) is 11.7. The summed E-state index contributed by atoms with van der Waals surface area (Å²) in [5.41, 5.74) is 0.955. The highest BCUT2D eigenvalue weighted by Gasteiger charge is 2.11. The molecule has 2 rings (SSSR count). The maximum atomic E-state index is 4.34. The fourth-order valence-electron chi connectivity index (χ4n) is 1.44. The van der Waals surface area contributed by atoms with Gasteiger partial charge in [-0.3, -0.25) is 0 Å². The van der Waals surface area contributed by atoms with Gasteiger partial charge in [0.25, 0.3) is 0 Å². The molecule has 1 aromatic carbocycles. The van der Waals surface area contributed by atoms with E-state index >= 15 is 0 Å². The molecule has 1 aromatic heterocycles. The van der Waals surface area contributed by atoms with Gasteiger partial charge in [0.15, 0.2) is 5.82 Å². The van der Waals surface area contributed by atoms with E-state index in [1.807, 2.05) is 32.0 Å². The second-order valence-electron chi connectivity index (χ2n) is 3.35. The molecule has 3 nitrogen and oxygen atoms in total. The lowest BCUT2D eigenvalue weighted by molar-refractivity contribution is 0.927. The average Bonchev–Trinajstić information content (AvgIpc) is 2.15. The SMILES string of the molecule is Cc1nc(C)nc(-c2c(Br)cccc2Br)n1. The van der Waals surface area contributed by atoms with Crippen LogP contribution in [0.4, 0.5) is 0 Å². The van der Waals surface area contributed by atoms with Crippen LogP contribution in [0.5, 0.6) is 0 Å². The van der Waals surface area contributed by atoms with Crippen molar-refractivity contribution in [1.29, 1.82) is 0 Å². The monoisotopic (exact) mass is 341 g/mol. The minimum atomic E-state index is 0.685. The van der Waals surface area contributed by atoms with Crippen molar-refractivity contribution in [2.24, 2.45) is 0 Å². The highest BCUT2D eigenvalue weighted by atomic mass is 79.9. The van der Waals surface area contributed by atoms with Crippen molar-refractivity contribution in [2.75, 3.05) is 0 Å². The zero-order valence-electron chi connectivity index (χ0n) is 8.83. The van der Waals surface area contributed by atoms with Crippen LogP contribution in [-0.4, -0.2) is 15.0 Å². The summed E-state index contributed by atoms with van der Waals surface area (Å²) >= 11 is 7.01. The molecule has 82 valence electrons. The fraction of sp³-hybridized carbons (Fsp3) is 0.182. The predicted molar refractivity (Wildman–Crippen MR) is 70.1 cm³/mol. The summed E-state index contributed by atoms with van der Waals surface area (Å²) in [6.07, 6.45) is 0. The average molecular weight is 343 g/mol. The number of aromatic nitrogens is 3. The first-order chi connectivity index (χ1) is 7.58. The molecule has 0 radical (unpaired) electrons. The Labute approximate surface area is 111 Å². The Bertz CT molecular complexity index is 500. The van der Waals surface area contributed by atoms with Gasteiger partial charge in [-0.05, 0) is 57.8 Å². The van der Waals surface area contributed by atoms with E-state index in [0.29, 0.717) is 5.82 Å². The molecule has 5 heteroatoms. The van der Waals surface area contributed by atoms with Gasteiger partial charge in [-0.1, -0.05) is 6.07 Å². The Morgan fingerprint density at radius 1 is 0.875 bits per heavy atom. The van der Waals surface area contributed by atoms with Crippen LogP contribution in [0.2, 0.25) is 0 Å². The molecule has 0 spiro atoms. The third-order valence-electron chi connectivity index (χ3n) is 2.05. The lowest BCUT2D eigenvalue weighted by atomic mass is 10.2. The topological polar surface area (TPSA) is 38.7 Å². The van der Waals surface area contributed by atoms with Crippen LogP contribution in [0, 0.1) is 13.8 Å². The number of halogens is 2. The summed E-state index contributed by atoms with van der Waals surface area (Å²) < 4.78 is 1.93. The molecule has 0 aliphatic rings. The molecular formula is C11H9Br2N3. The Kier molecular flexibility index (Phi) is 3.35. The molecule has 0 bridgehead atoms. The lowest BCUT2D eigenvalue weighted by Crippen LogP contribution is -1.99. The van der Waals surface area contributed by atoms with Crippen molar-refractivity contribution < 1.29 is 0 Å². The minimum Gasteiger partial charge on any atom is -0.219 e. The van der Waals surface area contributed by atoms with E-state index < -0.39 is 0 Å². The Morgan fingerprint density at radius 2 is 1.38 bits per heavy atom. The quantitative estimate of drug-likeness (QED) is 0.793. The van der Waals surface area contributed by atoms with E-state index in [9.17, 15) is 0 Å². The molecule has 0 aliphatic carbocycles. The zero-order valence-corrected chi connectivity index (χ0v) is 12.0. The van der Waals surface area contributed by atoms with Crippen molar-refractivity contribution in [2.45, 2.75) is 13.8 Å². The third kappa shape index (κ3) is 2.30. The van der Waals surface area contributed by atoms with Crippen LogP contribution in [0.25, 0.3) is 11.4 Å². The van der Waals surface area contributed by atoms with Crippen LogP contribution in [0.15, 0.2) is 27.1 Å². The van der Waals surface area contributed by atoms with Gasteiger partial charge >= 0.3 is 0 Å². The number of nitrogens with zero attached hydrogens (tertiary/aromatic N) is 3. The highest BCUT2D eigenvalue weighted by Crippen LogP contribution is 2.32. The van der Waals surface area contributed by atoms with E-state index in [-0.39, 0.29) is 0 Å². The molecule has 0 aliphatic heterocycles. The molecule has 1 heterocycles. The molecule has 2 aromatic rings. The van der Waals surface area contributed by atoms with Crippen molar-refractivity contribution in [3.8, 4) is 11.4 Å². The van der Waals surface area contributed by atoms with E-state index in [2.05, 4.69) is 46.8 Å². The first-order valence-corrected chi connectivity index (χ1v) is 6.30. The first-order valence-electron chi connectivity index (χ1n) is 4.71. The second-order valence-corrected chi connectivity index (χ2v) is 5.06. The molecule has 0 atom stereocenters. The van der Waals surface area contributed by atoms with Gasteiger partial charge in [-0.2, -0.15) is 0 Å². The van der Waals surface area contributed by atoms with Crippen LogP contribution in [0.1, 0.15) is 11.6 Å². The standard InChI is InChI=1S/C11H9Br2N3/c1-6-14-7(2)16-11(15-6)10-8(12)4-3-5-9(10)13/h3-5H,1-2H3. The van der Waals surface area contributed by atoms with Gasteiger partial charge in [0, 0.05) is 14.5 Å². The van der Waals surface area contributed by atoms with E-state index in [1.165, 1.54) is 0 Å². The predicted octanol–water partition coefficient (Wildman–Crippen LogP) is 3.68. The molecule has 0 N–H and O–H groups in total. The number of aryl methyl sites for hydroxylation is 2. The van der Waals surface area contributed by atoms with Crippen molar-refractivity contribution >= 4 is 31.9 Å². The number of benzene rings is 1. The second kappa shape index (κ2) is 4.59. The van der Waals surface area contributed by atoms with Crippen molar-refractivity contribution in [1.82, 2.24) is 15.0 Å². The molecule has 0 unspecified atom stereocenters. The van der Waals surface area contributed by atoms with Gasteiger partial charge < -0.3 is 0 Å². The lowest BCUT2D eigenvalue weighted by Gasteiger charge is -2.06. The Hall–Kier alpha value is -0.810. The van der Waals surface area contributed by atoms with Crippen LogP contribution < -0.4 is 0 Å². The number of hydrogen-bond donors (Lipinski definition) is 0. The normalized spacial score (nSPS) is 10.5. The van der Waals surface area contributed by atoms with Crippen LogP contribution in [0.3, 0.4) is 0 Å². The van der Waals surface area contributed by atoms with E-state index in [1.54, 1.807) is 0 Å². The zero-order chi connectivity index (χ0) is 11.7. The van der Waals surface area contributed by atoms with Crippen molar-refractivity contribution in [3.05, 3.63) is 38.8 Å².